The number of carboxylic acids is 1. The second-order valence-corrected chi connectivity index (χ2v) is 7.72. The third kappa shape index (κ3) is 4.30. The van der Waals surface area contributed by atoms with Crippen LogP contribution in [0.25, 0.3) is 0 Å². The molecule has 0 unspecified atom stereocenters. The molecule has 0 aliphatic heterocycles. The van der Waals surface area contributed by atoms with E-state index >= 15 is 0 Å². The fraction of sp³-hybridized carbons (Fsp3) is 0.300. The topological polar surface area (TPSA) is 118 Å². The molecule has 106 valence electrons. The van der Waals surface area contributed by atoms with Crippen LogP contribution in [-0.4, -0.2) is 39.5 Å². The quantitative estimate of drug-likeness (QED) is 0.767. The smallest absolute Gasteiger partial charge is 0.335 e. The Hall–Kier alpha value is -1.45. The summed E-state index contributed by atoms with van der Waals surface area (Å²) in [6.45, 7) is 1.39. The van der Waals surface area contributed by atoms with E-state index in [9.17, 15) is 21.6 Å². The first kappa shape index (κ1) is 15.6. The summed E-state index contributed by atoms with van der Waals surface area (Å²) in [6, 6.07) is 4.53. The van der Waals surface area contributed by atoms with Gasteiger partial charge in [0.1, 0.15) is 5.88 Å². The first-order valence-corrected chi connectivity index (χ1v) is 8.52. The van der Waals surface area contributed by atoms with Gasteiger partial charge in [0.15, 0.2) is 9.84 Å². The summed E-state index contributed by atoms with van der Waals surface area (Å²) in [7, 11) is -7.43. The average molecular weight is 307 g/mol. The molecule has 0 spiro atoms. The molecule has 0 atom stereocenters. The third-order valence-corrected chi connectivity index (χ3v) is 5.35. The molecule has 0 saturated carbocycles. The standard InChI is InChI=1S/C10H13NO6S2/c1-2-19(16,17)11-7-18(14,15)9-5-3-8(4-6-9)10(12)13/h3-6,11H,2,7H2,1H3,(H,12,13). The highest BCUT2D eigenvalue weighted by Crippen LogP contribution is 2.12. The van der Waals surface area contributed by atoms with Gasteiger partial charge in [-0.15, -0.1) is 0 Å². The molecule has 7 nitrogen and oxygen atoms in total. The van der Waals surface area contributed by atoms with Crippen LogP contribution >= 0.6 is 0 Å². The van der Waals surface area contributed by atoms with Crippen LogP contribution in [-0.2, 0) is 19.9 Å². The van der Waals surface area contributed by atoms with Crippen LogP contribution in [0, 0.1) is 0 Å². The minimum atomic E-state index is -3.83. The van der Waals surface area contributed by atoms with Gasteiger partial charge in [0, 0.05) is 0 Å². The number of rotatable bonds is 6. The van der Waals surface area contributed by atoms with Crippen molar-refractivity contribution in [1.82, 2.24) is 4.72 Å². The van der Waals surface area contributed by atoms with Gasteiger partial charge in [-0.3, -0.25) is 0 Å². The lowest BCUT2D eigenvalue weighted by Gasteiger charge is -2.06. The summed E-state index contributed by atoms with van der Waals surface area (Å²) in [5.74, 6) is -2.15. The molecule has 0 heterocycles. The molecule has 0 amide bonds. The molecule has 0 aliphatic rings. The maximum absolute atomic E-state index is 11.8. The zero-order valence-corrected chi connectivity index (χ0v) is 11.7. The van der Waals surface area contributed by atoms with Crippen molar-refractivity contribution in [1.29, 1.82) is 0 Å². The SMILES string of the molecule is CCS(=O)(=O)NCS(=O)(=O)c1ccc(C(=O)O)cc1. The van der Waals surface area contributed by atoms with Crippen molar-refractivity contribution >= 4 is 25.8 Å². The third-order valence-electron chi connectivity index (χ3n) is 2.31. The maximum Gasteiger partial charge on any atom is 0.335 e. The molecule has 2 N–H and O–H groups in total. The van der Waals surface area contributed by atoms with Crippen LogP contribution in [0.5, 0.6) is 0 Å². The molecule has 0 aromatic heterocycles. The van der Waals surface area contributed by atoms with Crippen molar-refractivity contribution in [2.45, 2.75) is 11.8 Å². The van der Waals surface area contributed by atoms with E-state index < -0.39 is 31.7 Å². The Morgan fingerprint density at radius 1 is 1.16 bits per heavy atom. The van der Waals surface area contributed by atoms with Gasteiger partial charge in [-0.2, -0.15) is 4.72 Å². The van der Waals surface area contributed by atoms with E-state index in [4.69, 9.17) is 5.11 Å². The van der Waals surface area contributed by atoms with Crippen molar-refractivity contribution < 1.29 is 26.7 Å². The molecule has 0 radical (unpaired) electrons. The Labute approximate surface area is 111 Å². The first-order valence-electron chi connectivity index (χ1n) is 5.21. The lowest BCUT2D eigenvalue weighted by atomic mass is 10.2. The summed E-state index contributed by atoms with van der Waals surface area (Å²) in [4.78, 5) is 10.5. The predicted octanol–water partition coefficient (Wildman–Crippen LogP) is 0.0553. The summed E-state index contributed by atoms with van der Waals surface area (Å²) in [6.07, 6.45) is 0. The Balaban J connectivity index is 2.92. The fourth-order valence-corrected chi connectivity index (χ4v) is 3.42. The van der Waals surface area contributed by atoms with Crippen molar-refractivity contribution in [2.75, 3.05) is 11.6 Å². The Bertz CT molecular complexity index is 660. The lowest BCUT2D eigenvalue weighted by Crippen LogP contribution is -2.30. The van der Waals surface area contributed by atoms with Gasteiger partial charge in [-0.05, 0) is 31.2 Å². The van der Waals surface area contributed by atoms with Gasteiger partial charge in [-0.25, -0.2) is 21.6 Å². The highest BCUT2D eigenvalue weighted by atomic mass is 32.2. The number of hydrogen-bond donors (Lipinski definition) is 2. The molecule has 0 saturated heterocycles. The number of carboxylic acid groups (broad SMARTS) is 1. The molecule has 0 fully saturated rings. The van der Waals surface area contributed by atoms with Crippen LogP contribution < -0.4 is 4.72 Å². The van der Waals surface area contributed by atoms with E-state index in [0.717, 1.165) is 24.3 Å². The van der Waals surface area contributed by atoms with E-state index in [1.807, 2.05) is 4.72 Å². The molecule has 0 bridgehead atoms. The van der Waals surface area contributed by atoms with Crippen LogP contribution in [0.1, 0.15) is 17.3 Å². The molecule has 0 aliphatic carbocycles. The van der Waals surface area contributed by atoms with E-state index in [1.54, 1.807) is 0 Å². The first-order chi connectivity index (χ1) is 8.68. The Morgan fingerprint density at radius 2 is 1.68 bits per heavy atom. The van der Waals surface area contributed by atoms with Gasteiger partial charge in [0.25, 0.3) is 0 Å². The second-order valence-electron chi connectivity index (χ2n) is 3.64. The maximum atomic E-state index is 11.8. The largest absolute Gasteiger partial charge is 0.478 e. The van der Waals surface area contributed by atoms with Crippen LogP contribution in [0.3, 0.4) is 0 Å². The zero-order chi connectivity index (χ0) is 14.7. The average Bonchev–Trinajstić information content (AvgIpc) is 2.37. The number of carbonyl (C=O) groups is 1. The number of sulfonamides is 1. The second kappa shape index (κ2) is 5.68. The van der Waals surface area contributed by atoms with Crippen molar-refractivity contribution in [3.8, 4) is 0 Å². The van der Waals surface area contributed by atoms with E-state index in [1.165, 1.54) is 6.92 Å². The minimum Gasteiger partial charge on any atom is -0.478 e. The molecular weight excluding hydrogens is 294 g/mol. The summed E-state index contributed by atoms with van der Waals surface area (Å²) in [5.41, 5.74) is -0.0481. The fourth-order valence-electron chi connectivity index (χ4n) is 1.16. The van der Waals surface area contributed by atoms with Gasteiger partial charge in [0.05, 0.1) is 16.2 Å². The van der Waals surface area contributed by atoms with Crippen molar-refractivity contribution in [2.24, 2.45) is 0 Å². The highest BCUT2D eigenvalue weighted by molar-refractivity contribution is 7.93. The Kier molecular flexibility index (Phi) is 4.66. The van der Waals surface area contributed by atoms with Crippen LogP contribution in [0.15, 0.2) is 29.2 Å². The number of nitrogens with one attached hydrogen (secondary N) is 1. The summed E-state index contributed by atoms with van der Waals surface area (Å²) < 4.78 is 47.9. The van der Waals surface area contributed by atoms with E-state index in [-0.39, 0.29) is 16.2 Å². The predicted molar refractivity (Wildman–Crippen MR) is 68.1 cm³/mol. The molecule has 1 aromatic rings. The number of sulfone groups is 1. The van der Waals surface area contributed by atoms with Gasteiger partial charge in [-0.1, -0.05) is 0 Å². The lowest BCUT2D eigenvalue weighted by molar-refractivity contribution is 0.0696. The van der Waals surface area contributed by atoms with E-state index in [2.05, 4.69) is 0 Å². The van der Waals surface area contributed by atoms with Gasteiger partial charge < -0.3 is 5.11 Å². The summed E-state index contributed by atoms with van der Waals surface area (Å²) >= 11 is 0. The van der Waals surface area contributed by atoms with Crippen molar-refractivity contribution in [3.05, 3.63) is 29.8 Å². The van der Waals surface area contributed by atoms with Crippen molar-refractivity contribution in [3.63, 3.8) is 0 Å². The molecule has 9 heteroatoms. The number of benzene rings is 1. The van der Waals surface area contributed by atoms with Gasteiger partial charge in [0.2, 0.25) is 10.0 Å². The minimum absolute atomic E-state index is 0.0481. The molecular formula is C10H13NO6S2. The summed E-state index contributed by atoms with van der Waals surface area (Å²) in [5, 5.41) is 8.68. The molecule has 19 heavy (non-hydrogen) atoms. The highest BCUT2D eigenvalue weighted by Gasteiger charge is 2.18. The zero-order valence-electron chi connectivity index (χ0n) is 10.0. The Morgan fingerprint density at radius 3 is 2.11 bits per heavy atom. The monoisotopic (exact) mass is 307 g/mol. The van der Waals surface area contributed by atoms with Crippen LogP contribution in [0.2, 0.25) is 0 Å². The van der Waals surface area contributed by atoms with E-state index in [0.29, 0.717) is 0 Å². The molecule has 1 rings (SSSR count). The van der Waals surface area contributed by atoms with Crippen LogP contribution in [0.4, 0.5) is 0 Å². The normalized spacial score (nSPS) is 12.3. The number of aromatic carboxylic acids is 1. The van der Waals surface area contributed by atoms with Gasteiger partial charge >= 0.3 is 5.97 Å². The number of hydrogen-bond acceptors (Lipinski definition) is 5. The molecule has 1 aromatic carbocycles.